The van der Waals surface area contributed by atoms with Crippen LogP contribution in [0.2, 0.25) is 15.1 Å². The molecule has 0 aromatic heterocycles. The van der Waals surface area contributed by atoms with E-state index in [1.807, 2.05) is 51.1 Å². The second-order valence-corrected chi connectivity index (χ2v) is 14.1. The maximum absolute atomic E-state index is 14.5. The lowest BCUT2D eigenvalue weighted by atomic mass is 10.0. The molecule has 0 heterocycles. The summed E-state index contributed by atoms with van der Waals surface area (Å²) in [7, 11) is -4.22. The van der Waals surface area contributed by atoms with Crippen LogP contribution in [0.15, 0.2) is 102 Å². The normalized spacial score (nSPS) is 12.1. The quantitative estimate of drug-likeness (QED) is 0.169. The Balaban J connectivity index is 1.82. The minimum Gasteiger partial charge on any atom is -0.352 e. The number of carbonyl (C=O) groups is 2. The Morgan fingerprint density at radius 3 is 2.04 bits per heavy atom. The van der Waals surface area contributed by atoms with Crippen LogP contribution in [0.3, 0.4) is 0 Å². The molecule has 1 atom stereocenters. The van der Waals surface area contributed by atoms with E-state index in [1.165, 1.54) is 29.2 Å². The zero-order valence-corrected chi connectivity index (χ0v) is 28.2. The van der Waals surface area contributed by atoms with Crippen LogP contribution in [0.5, 0.6) is 0 Å². The zero-order valence-electron chi connectivity index (χ0n) is 25.1. The third kappa shape index (κ3) is 9.01. The van der Waals surface area contributed by atoms with E-state index in [0.717, 1.165) is 15.4 Å². The first-order chi connectivity index (χ1) is 21.3. The number of rotatable bonds is 12. The molecule has 0 fully saturated rings. The van der Waals surface area contributed by atoms with Crippen molar-refractivity contribution in [3.05, 3.63) is 129 Å². The second-order valence-electron chi connectivity index (χ2n) is 10.9. The average Bonchev–Trinajstić information content (AvgIpc) is 2.99. The van der Waals surface area contributed by atoms with Crippen molar-refractivity contribution < 1.29 is 18.0 Å². The summed E-state index contributed by atoms with van der Waals surface area (Å²) in [6.45, 7) is 4.85. The third-order valence-corrected chi connectivity index (χ3v) is 9.69. The topological polar surface area (TPSA) is 86.8 Å². The maximum atomic E-state index is 14.5. The molecule has 11 heteroatoms. The Morgan fingerprint density at radius 2 is 1.44 bits per heavy atom. The minimum absolute atomic E-state index is 0.0153. The first kappa shape index (κ1) is 34.3. The monoisotopic (exact) mass is 685 g/mol. The van der Waals surface area contributed by atoms with Crippen LogP contribution in [0, 0.1) is 6.92 Å². The molecular formula is C34H34Cl3N3O4S. The molecule has 0 bridgehead atoms. The van der Waals surface area contributed by atoms with Gasteiger partial charge >= 0.3 is 0 Å². The molecule has 0 unspecified atom stereocenters. The number of hydrogen-bond acceptors (Lipinski definition) is 4. The van der Waals surface area contributed by atoms with Gasteiger partial charge in [-0.25, -0.2) is 8.42 Å². The molecule has 4 aromatic rings. The summed E-state index contributed by atoms with van der Waals surface area (Å²) in [4.78, 5) is 29.6. The summed E-state index contributed by atoms with van der Waals surface area (Å²) < 4.78 is 29.2. The molecule has 0 aliphatic heterocycles. The highest BCUT2D eigenvalue weighted by atomic mass is 35.5. The first-order valence-electron chi connectivity index (χ1n) is 14.3. The van der Waals surface area contributed by atoms with Crippen LogP contribution in [0.25, 0.3) is 0 Å². The highest BCUT2D eigenvalue weighted by Crippen LogP contribution is 2.28. The molecule has 0 saturated carbocycles. The Bertz CT molecular complexity index is 1730. The molecule has 0 aliphatic carbocycles. The van der Waals surface area contributed by atoms with Gasteiger partial charge in [-0.15, -0.1) is 0 Å². The van der Waals surface area contributed by atoms with E-state index in [4.69, 9.17) is 34.8 Å². The Hall–Kier alpha value is -3.56. The Kier molecular flexibility index (Phi) is 11.6. The van der Waals surface area contributed by atoms with Crippen LogP contribution in [0.1, 0.15) is 30.5 Å². The fourth-order valence-electron chi connectivity index (χ4n) is 4.74. The van der Waals surface area contributed by atoms with Crippen molar-refractivity contribution in [3.8, 4) is 0 Å². The van der Waals surface area contributed by atoms with Crippen molar-refractivity contribution in [2.75, 3.05) is 10.8 Å². The average molecular weight is 687 g/mol. The lowest BCUT2D eigenvalue weighted by Crippen LogP contribution is -2.54. The fraction of sp³-hybridized carbons (Fsp3) is 0.235. The number of amides is 2. The van der Waals surface area contributed by atoms with Crippen molar-refractivity contribution in [1.29, 1.82) is 0 Å². The number of aryl methyl sites for hydroxylation is 1. The molecule has 45 heavy (non-hydrogen) atoms. The van der Waals surface area contributed by atoms with Gasteiger partial charge in [-0.3, -0.25) is 13.9 Å². The van der Waals surface area contributed by atoms with Crippen molar-refractivity contribution in [2.45, 2.75) is 50.7 Å². The second kappa shape index (κ2) is 15.1. The summed E-state index contributed by atoms with van der Waals surface area (Å²) in [5.74, 6) is -0.988. The van der Waals surface area contributed by atoms with E-state index in [9.17, 15) is 18.0 Å². The van der Waals surface area contributed by atoms with Gasteiger partial charge in [0.2, 0.25) is 11.8 Å². The summed E-state index contributed by atoms with van der Waals surface area (Å²) >= 11 is 18.8. The van der Waals surface area contributed by atoms with Gasteiger partial charge in [0.1, 0.15) is 12.6 Å². The van der Waals surface area contributed by atoms with Crippen LogP contribution in [-0.4, -0.2) is 43.8 Å². The van der Waals surface area contributed by atoms with Gasteiger partial charge in [-0.2, -0.15) is 0 Å². The van der Waals surface area contributed by atoms with Gasteiger partial charge in [0.05, 0.1) is 10.6 Å². The number of hydrogen-bond donors (Lipinski definition) is 1. The number of carbonyl (C=O) groups excluding carboxylic acids is 2. The smallest absolute Gasteiger partial charge is 0.264 e. The van der Waals surface area contributed by atoms with E-state index in [1.54, 1.807) is 42.5 Å². The van der Waals surface area contributed by atoms with Gasteiger partial charge in [0, 0.05) is 34.1 Å². The van der Waals surface area contributed by atoms with Crippen LogP contribution in [-0.2, 0) is 32.6 Å². The zero-order chi connectivity index (χ0) is 32.7. The Morgan fingerprint density at radius 1 is 0.822 bits per heavy atom. The van der Waals surface area contributed by atoms with E-state index in [0.29, 0.717) is 20.6 Å². The molecule has 1 N–H and O–H groups in total. The first-order valence-corrected chi connectivity index (χ1v) is 16.8. The standard InChI is InChI=1S/C34H34Cl3N3O4S/c1-23(2)38-34(42)32(19-25-7-5-4-6-8-25)39(21-26-11-12-28(36)20-31(26)37)33(41)22-40(29-15-13-27(35)14-16-29)45(43,44)30-17-9-24(3)10-18-30/h4-18,20,23,32H,19,21-22H2,1-3H3,(H,38,42)/t32-/m0/s1. The maximum Gasteiger partial charge on any atom is 0.264 e. The predicted molar refractivity (Wildman–Crippen MR) is 181 cm³/mol. The number of sulfonamides is 1. The predicted octanol–water partition coefficient (Wildman–Crippen LogP) is 7.32. The molecule has 4 aromatic carbocycles. The SMILES string of the molecule is Cc1ccc(S(=O)(=O)N(CC(=O)N(Cc2ccc(Cl)cc2Cl)[C@@H](Cc2ccccc2)C(=O)NC(C)C)c2ccc(Cl)cc2)cc1. The highest BCUT2D eigenvalue weighted by Gasteiger charge is 2.35. The van der Waals surface area contributed by atoms with E-state index >= 15 is 0 Å². The number of nitrogens with zero attached hydrogens (tertiary/aromatic N) is 2. The molecule has 236 valence electrons. The van der Waals surface area contributed by atoms with E-state index < -0.39 is 28.5 Å². The molecule has 2 amide bonds. The fourth-order valence-corrected chi connectivity index (χ4v) is 6.75. The summed E-state index contributed by atoms with van der Waals surface area (Å²) in [6.07, 6.45) is 0.183. The summed E-state index contributed by atoms with van der Waals surface area (Å²) in [5, 5.41) is 4.06. The van der Waals surface area contributed by atoms with Gasteiger partial charge in [-0.1, -0.05) is 88.9 Å². The van der Waals surface area contributed by atoms with Crippen molar-refractivity contribution in [1.82, 2.24) is 10.2 Å². The van der Waals surface area contributed by atoms with Crippen molar-refractivity contribution >= 4 is 62.3 Å². The van der Waals surface area contributed by atoms with Crippen molar-refractivity contribution in [2.24, 2.45) is 0 Å². The number of halogens is 3. The van der Waals surface area contributed by atoms with Gasteiger partial charge < -0.3 is 10.2 Å². The van der Waals surface area contributed by atoms with Crippen LogP contribution < -0.4 is 9.62 Å². The number of nitrogens with one attached hydrogen (secondary N) is 1. The molecule has 0 saturated heterocycles. The van der Waals surface area contributed by atoms with Gasteiger partial charge in [-0.05, 0) is 80.4 Å². The molecule has 0 spiro atoms. The number of benzene rings is 4. The van der Waals surface area contributed by atoms with Gasteiger partial charge in [0.15, 0.2) is 0 Å². The largest absolute Gasteiger partial charge is 0.352 e. The van der Waals surface area contributed by atoms with E-state index in [2.05, 4.69) is 5.32 Å². The van der Waals surface area contributed by atoms with Crippen LogP contribution >= 0.6 is 34.8 Å². The lowest BCUT2D eigenvalue weighted by molar-refractivity contribution is -0.140. The lowest BCUT2D eigenvalue weighted by Gasteiger charge is -2.34. The van der Waals surface area contributed by atoms with Gasteiger partial charge in [0.25, 0.3) is 10.0 Å². The van der Waals surface area contributed by atoms with E-state index in [-0.39, 0.29) is 35.5 Å². The minimum atomic E-state index is -4.22. The van der Waals surface area contributed by atoms with Crippen LogP contribution in [0.4, 0.5) is 5.69 Å². The highest BCUT2D eigenvalue weighted by molar-refractivity contribution is 7.92. The Labute approximate surface area is 279 Å². The number of anilines is 1. The molecule has 0 aliphatic rings. The molecule has 7 nitrogen and oxygen atoms in total. The summed E-state index contributed by atoms with van der Waals surface area (Å²) in [5.41, 5.74) is 2.49. The third-order valence-electron chi connectivity index (χ3n) is 7.06. The molecular weight excluding hydrogens is 653 g/mol. The molecule has 0 radical (unpaired) electrons. The summed E-state index contributed by atoms with van der Waals surface area (Å²) in [6, 6.07) is 25.6. The van der Waals surface area contributed by atoms with Crippen molar-refractivity contribution in [3.63, 3.8) is 0 Å². The molecule has 4 rings (SSSR count).